The van der Waals surface area contributed by atoms with Gasteiger partial charge in [0, 0.05) is 13.2 Å². The van der Waals surface area contributed by atoms with E-state index in [1.165, 1.54) is 24.0 Å². The molecule has 1 unspecified atom stereocenters. The van der Waals surface area contributed by atoms with E-state index in [2.05, 4.69) is 29.6 Å². The molecule has 1 saturated heterocycles. The Morgan fingerprint density at radius 1 is 1.50 bits per heavy atom. The molecule has 1 aliphatic heterocycles. The summed E-state index contributed by atoms with van der Waals surface area (Å²) in [5.74, 6) is 0. The highest BCUT2D eigenvalue weighted by atomic mass is 16.5. The van der Waals surface area contributed by atoms with Crippen LogP contribution in [0.4, 0.5) is 0 Å². The molecule has 2 rings (SSSR count). The molecule has 0 aromatic heterocycles. The summed E-state index contributed by atoms with van der Waals surface area (Å²) in [6, 6.07) is 9.23. The lowest BCUT2D eigenvalue weighted by atomic mass is 10.0. The van der Waals surface area contributed by atoms with Crippen molar-refractivity contribution < 1.29 is 4.74 Å². The zero-order valence-electron chi connectivity index (χ0n) is 8.62. The van der Waals surface area contributed by atoms with Crippen LogP contribution < -0.4 is 5.32 Å². The largest absolute Gasteiger partial charge is 0.380 e. The van der Waals surface area contributed by atoms with Crippen LogP contribution in [0.1, 0.15) is 30.0 Å². The molecule has 14 heavy (non-hydrogen) atoms. The van der Waals surface area contributed by atoms with Crippen LogP contribution in [-0.2, 0) is 11.3 Å². The first kappa shape index (κ1) is 9.69. The highest BCUT2D eigenvalue weighted by Crippen LogP contribution is 2.23. The Kier molecular flexibility index (Phi) is 3.17. The first-order valence-corrected chi connectivity index (χ1v) is 5.21. The SMILES string of the molecule is COCc1cccc(C2CCCN2)c1. The molecule has 1 atom stereocenters. The molecular weight excluding hydrogens is 174 g/mol. The predicted octanol–water partition coefficient (Wildman–Crippen LogP) is 2.26. The van der Waals surface area contributed by atoms with Crippen molar-refractivity contribution in [1.82, 2.24) is 5.32 Å². The van der Waals surface area contributed by atoms with E-state index in [-0.39, 0.29) is 0 Å². The Hall–Kier alpha value is -0.860. The van der Waals surface area contributed by atoms with Crippen LogP contribution in [0.15, 0.2) is 24.3 Å². The average molecular weight is 191 g/mol. The zero-order valence-corrected chi connectivity index (χ0v) is 8.62. The quantitative estimate of drug-likeness (QED) is 0.791. The summed E-state index contributed by atoms with van der Waals surface area (Å²) in [7, 11) is 1.74. The van der Waals surface area contributed by atoms with Crippen LogP contribution in [-0.4, -0.2) is 13.7 Å². The molecular formula is C12H17NO. The van der Waals surface area contributed by atoms with Gasteiger partial charge in [-0.25, -0.2) is 0 Å². The van der Waals surface area contributed by atoms with Crippen molar-refractivity contribution in [1.29, 1.82) is 0 Å². The third-order valence-electron chi connectivity index (χ3n) is 2.72. The molecule has 76 valence electrons. The van der Waals surface area contributed by atoms with E-state index in [4.69, 9.17) is 4.74 Å². The van der Waals surface area contributed by atoms with Crippen LogP contribution in [0, 0.1) is 0 Å². The van der Waals surface area contributed by atoms with Crippen LogP contribution in [0.25, 0.3) is 0 Å². The molecule has 2 nitrogen and oxygen atoms in total. The highest BCUT2D eigenvalue weighted by molar-refractivity contribution is 5.26. The highest BCUT2D eigenvalue weighted by Gasteiger charge is 2.15. The van der Waals surface area contributed by atoms with Crippen molar-refractivity contribution in [3.8, 4) is 0 Å². The number of nitrogens with one attached hydrogen (secondary N) is 1. The van der Waals surface area contributed by atoms with Crippen LogP contribution in [0.2, 0.25) is 0 Å². The van der Waals surface area contributed by atoms with E-state index in [9.17, 15) is 0 Å². The molecule has 1 aromatic carbocycles. The van der Waals surface area contributed by atoms with Gasteiger partial charge in [-0.05, 0) is 30.5 Å². The molecule has 2 heteroatoms. The van der Waals surface area contributed by atoms with Gasteiger partial charge in [-0.15, -0.1) is 0 Å². The van der Waals surface area contributed by atoms with Gasteiger partial charge in [0.25, 0.3) is 0 Å². The van der Waals surface area contributed by atoms with Gasteiger partial charge in [0.1, 0.15) is 0 Å². The lowest BCUT2D eigenvalue weighted by Gasteiger charge is -2.11. The van der Waals surface area contributed by atoms with Gasteiger partial charge in [0.2, 0.25) is 0 Å². The van der Waals surface area contributed by atoms with Crippen molar-refractivity contribution in [2.45, 2.75) is 25.5 Å². The topological polar surface area (TPSA) is 21.3 Å². The predicted molar refractivity (Wildman–Crippen MR) is 57.1 cm³/mol. The number of ether oxygens (including phenoxy) is 1. The lowest BCUT2D eigenvalue weighted by molar-refractivity contribution is 0.185. The van der Waals surface area contributed by atoms with Crippen molar-refractivity contribution in [3.05, 3.63) is 35.4 Å². The third kappa shape index (κ3) is 2.14. The Bertz CT molecular complexity index is 292. The summed E-state index contributed by atoms with van der Waals surface area (Å²) < 4.78 is 5.13. The molecule has 1 fully saturated rings. The minimum Gasteiger partial charge on any atom is -0.380 e. The summed E-state index contributed by atoms with van der Waals surface area (Å²) in [6.45, 7) is 1.86. The standard InChI is InChI=1S/C12H17NO/c1-14-9-10-4-2-5-11(8-10)12-6-3-7-13-12/h2,4-5,8,12-13H,3,6-7,9H2,1H3. The first-order valence-electron chi connectivity index (χ1n) is 5.21. The second-order valence-corrected chi connectivity index (χ2v) is 3.83. The molecule has 0 spiro atoms. The van der Waals surface area contributed by atoms with E-state index in [0.29, 0.717) is 12.6 Å². The zero-order chi connectivity index (χ0) is 9.80. The van der Waals surface area contributed by atoms with Gasteiger partial charge >= 0.3 is 0 Å². The van der Waals surface area contributed by atoms with Gasteiger partial charge < -0.3 is 10.1 Å². The van der Waals surface area contributed by atoms with Crippen LogP contribution in [0.5, 0.6) is 0 Å². The van der Waals surface area contributed by atoms with E-state index in [1.807, 2.05) is 0 Å². The fraction of sp³-hybridized carbons (Fsp3) is 0.500. The molecule has 0 amide bonds. The lowest BCUT2D eigenvalue weighted by Crippen LogP contribution is -2.12. The van der Waals surface area contributed by atoms with Gasteiger partial charge in [-0.2, -0.15) is 0 Å². The monoisotopic (exact) mass is 191 g/mol. The summed E-state index contributed by atoms with van der Waals surface area (Å²) in [4.78, 5) is 0. The molecule has 0 bridgehead atoms. The molecule has 1 N–H and O–H groups in total. The van der Waals surface area contributed by atoms with Gasteiger partial charge in [-0.1, -0.05) is 24.3 Å². The van der Waals surface area contributed by atoms with Gasteiger partial charge in [0.15, 0.2) is 0 Å². The first-order chi connectivity index (χ1) is 6.90. The van der Waals surface area contributed by atoms with Crippen molar-refractivity contribution in [2.75, 3.05) is 13.7 Å². The van der Waals surface area contributed by atoms with Gasteiger partial charge in [0.05, 0.1) is 6.61 Å². The van der Waals surface area contributed by atoms with E-state index in [0.717, 1.165) is 6.54 Å². The normalized spacial score (nSPS) is 21.4. The van der Waals surface area contributed by atoms with Crippen molar-refractivity contribution in [3.63, 3.8) is 0 Å². The van der Waals surface area contributed by atoms with Crippen molar-refractivity contribution >= 4 is 0 Å². The molecule has 0 radical (unpaired) electrons. The smallest absolute Gasteiger partial charge is 0.0713 e. The molecule has 0 saturated carbocycles. The Morgan fingerprint density at radius 3 is 3.14 bits per heavy atom. The molecule has 1 aliphatic rings. The Balaban J connectivity index is 2.12. The second-order valence-electron chi connectivity index (χ2n) is 3.83. The van der Waals surface area contributed by atoms with Gasteiger partial charge in [-0.3, -0.25) is 0 Å². The Morgan fingerprint density at radius 2 is 2.43 bits per heavy atom. The number of rotatable bonds is 3. The molecule has 0 aliphatic carbocycles. The number of benzene rings is 1. The third-order valence-corrected chi connectivity index (χ3v) is 2.72. The maximum atomic E-state index is 5.13. The fourth-order valence-corrected chi connectivity index (χ4v) is 2.04. The maximum Gasteiger partial charge on any atom is 0.0713 e. The fourth-order valence-electron chi connectivity index (χ4n) is 2.04. The Labute approximate surface area is 85.3 Å². The van der Waals surface area contributed by atoms with Crippen LogP contribution in [0.3, 0.4) is 0 Å². The summed E-state index contributed by atoms with van der Waals surface area (Å²) in [6.07, 6.45) is 2.55. The van der Waals surface area contributed by atoms with E-state index >= 15 is 0 Å². The van der Waals surface area contributed by atoms with E-state index in [1.54, 1.807) is 7.11 Å². The summed E-state index contributed by atoms with van der Waals surface area (Å²) in [5.41, 5.74) is 2.66. The van der Waals surface area contributed by atoms with E-state index < -0.39 is 0 Å². The number of methoxy groups -OCH3 is 1. The average Bonchev–Trinajstić information content (AvgIpc) is 2.71. The summed E-state index contributed by atoms with van der Waals surface area (Å²) >= 11 is 0. The summed E-state index contributed by atoms with van der Waals surface area (Å²) in [5, 5.41) is 3.50. The second kappa shape index (κ2) is 4.58. The van der Waals surface area contributed by atoms with Crippen molar-refractivity contribution in [2.24, 2.45) is 0 Å². The number of hydrogen-bond donors (Lipinski definition) is 1. The molecule has 1 heterocycles. The van der Waals surface area contributed by atoms with Crippen LogP contribution >= 0.6 is 0 Å². The minimum atomic E-state index is 0.562. The maximum absolute atomic E-state index is 5.13. The minimum absolute atomic E-state index is 0.562. The molecule has 1 aromatic rings. The number of hydrogen-bond acceptors (Lipinski definition) is 2.